The molecule has 0 bridgehead atoms. The molecule has 150 valence electrons. The maximum absolute atomic E-state index is 12.9. The van der Waals surface area contributed by atoms with Crippen LogP contribution in [0.2, 0.25) is 5.02 Å². The van der Waals surface area contributed by atoms with Crippen molar-refractivity contribution in [2.45, 2.75) is 6.92 Å². The van der Waals surface area contributed by atoms with Gasteiger partial charge >= 0.3 is 0 Å². The highest BCUT2D eigenvalue weighted by atomic mass is 35.5. The van der Waals surface area contributed by atoms with E-state index in [2.05, 4.69) is 10.3 Å². The number of amides is 1. The van der Waals surface area contributed by atoms with Crippen LogP contribution in [0.15, 0.2) is 66.7 Å². The molecule has 0 fully saturated rings. The number of hydrogen-bond donors (Lipinski definition) is 1. The highest BCUT2D eigenvalue weighted by molar-refractivity contribution is 7.22. The third-order valence-electron chi connectivity index (χ3n) is 4.41. The third-order valence-corrected chi connectivity index (χ3v) is 5.60. The molecule has 1 amide bonds. The first-order valence-electron chi connectivity index (χ1n) is 9.29. The molecule has 30 heavy (non-hydrogen) atoms. The summed E-state index contributed by atoms with van der Waals surface area (Å²) in [6.45, 7) is 2.50. The van der Waals surface area contributed by atoms with Crippen molar-refractivity contribution in [3.05, 3.63) is 88.4 Å². The Hall–Kier alpha value is -3.22. The molecule has 4 aromatic rings. The summed E-state index contributed by atoms with van der Waals surface area (Å²) in [6.07, 6.45) is 0. The van der Waals surface area contributed by atoms with Crippen molar-refractivity contribution in [1.29, 1.82) is 0 Å². The van der Waals surface area contributed by atoms with E-state index >= 15 is 0 Å². The Morgan fingerprint density at radius 2 is 1.77 bits per heavy atom. The lowest BCUT2D eigenvalue weighted by Gasteiger charge is -2.08. The number of anilines is 1. The van der Waals surface area contributed by atoms with Gasteiger partial charge in [0.05, 0.1) is 22.4 Å². The molecule has 1 aromatic heterocycles. The van der Waals surface area contributed by atoms with Crippen molar-refractivity contribution >= 4 is 50.0 Å². The summed E-state index contributed by atoms with van der Waals surface area (Å²) in [5.74, 6) is 0.116. The van der Waals surface area contributed by atoms with Crippen LogP contribution in [0.1, 0.15) is 33.2 Å². The van der Waals surface area contributed by atoms with E-state index in [0.717, 1.165) is 16.0 Å². The summed E-state index contributed by atoms with van der Waals surface area (Å²) in [7, 11) is 0. The summed E-state index contributed by atoms with van der Waals surface area (Å²) < 4.78 is 6.42. The van der Waals surface area contributed by atoms with Crippen molar-refractivity contribution in [2.75, 3.05) is 11.9 Å². The zero-order chi connectivity index (χ0) is 21.1. The Balaban J connectivity index is 1.60. The van der Waals surface area contributed by atoms with Gasteiger partial charge in [0, 0.05) is 16.1 Å². The van der Waals surface area contributed by atoms with E-state index in [0.29, 0.717) is 27.9 Å². The minimum Gasteiger partial charge on any atom is -0.494 e. The maximum Gasteiger partial charge on any atom is 0.258 e. The van der Waals surface area contributed by atoms with Gasteiger partial charge in [-0.2, -0.15) is 0 Å². The second-order valence-corrected chi connectivity index (χ2v) is 7.88. The average molecular weight is 437 g/mol. The predicted molar refractivity (Wildman–Crippen MR) is 120 cm³/mol. The van der Waals surface area contributed by atoms with E-state index in [1.54, 1.807) is 48.5 Å². The van der Waals surface area contributed by atoms with E-state index in [1.807, 2.05) is 25.1 Å². The Bertz CT molecular complexity index is 1230. The Morgan fingerprint density at radius 3 is 2.50 bits per heavy atom. The van der Waals surface area contributed by atoms with Gasteiger partial charge in [0.15, 0.2) is 10.9 Å². The zero-order valence-corrected chi connectivity index (χ0v) is 17.6. The van der Waals surface area contributed by atoms with Crippen LogP contribution < -0.4 is 10.1 Å². The Labute approximate surface area is 182 Å². The fraction of sp³-hybridized carbons (Fsp3) is 0.0870. The van der Waals surface area contributed by atoms with E-state index < -0.39 is 5.91 Å². The number of carbonyl (C=O) groups excluding carboxylic acids is 2. The summed E-state index contributed by atoms with van der Waals surface area (Å²) in [5, 5.41) is 3.81. The number of nitrogens with zero attached hydrogens (tertiary/aromatic N) is 1. The zero-order valence-electron chi connectivity index (χ0n) is 16.0. The van der Waals surface area contributed by atoms with Crippen LogP contribution in [0.5, 0.6) is 5.75 Å². The van der Waals surface area contributed by atoms with Gasteiger partial charge in [0.25, 0.3) is 5.91 Å². The first-order chi connectivity index (χ1) is 14.5. The molecular formula is C23H17ClN2O3S. The summed E-state index contributed by atoms with van der Waals surface area (Å²) in [4.78, 5) is 30.3. The van der Waals surface area contributed by atoms with Gasteiger partial charge in [0.2, 0.25) is 0 Å². The fourth-order valence-electron chi connectivity index (χ4n) is 3.02. The highest BCUT2D eigenvalue weighted by Gasteiger charge is 2.19. The molecule has 7 heteroatoms. The lowest BCUT2D eigenvalue weighted by Crippen LogP contribution is -2.16. The lowest BCUT2D eigenvalue weighted by atomic mass is 9.98. The molecule has 1 heterocycles. The van der Waals surface area contributed by atoms with Gasteiger partial charge in [-0.05, 0) is 55.5 Å². The van der Waals surface area contributed by atoms with Crippen molar-refractivity contribution in [3.8, 4) is 5.75 Å². The highest BCUT2D eigenvalue weighted by Crippen LogP contribution is 2.30. The van der Waals surface area contributed by atoms with E-state index in [1.165, 1.54) is 11.3 Å². The summed E-state index contributed by atoms with van der Waals surface area (Å²) in [5.41, 5.74) is 1.83. The number of aromatic nitrogens is 1. The predicted octanol–water partition coefficient (Wildman–Crippen LogP) is 5.83. The number of thiazole rings is 1. The number of rotatable bonds is 6. The minimum atomic E-state index is -0.392. The second kappa shape index (κ2) is 8.65. The van der Waals surface area contributed by atoms with Crippen LogP contribution in [-0.2, 0) is 0 Å². The Kier molecular flexibility index (Phi) is 5.79. The molecule has 4 rings (SSSR count). The first-order valence-corrected chi connectivity index (χ1v) is 10.5. The molecule has 5 nitrogen and oxygen atoms in total. The summed E-state index contributed by atoms with van der Waals surface area (Å²) >= 11 is 7.26. The number of nitrogens with one attached hydrogen (secondary N) is 1. The molecule has 0 saturated heterocycles. The van der Waals surface area contributed by atoms with Crippen LogP contribution in [0.3, 0.4) is 0 Å². The molecule has 0 aliphatic carbocycles. The van der Waals surface area contributed by atoms with Gasteiger partial charge in [-0.25, -0.2) is 4.98 Å². The van der Waals surface area contributed by atoms with Crippen molar-refractivity contribution in [2.24, 2.45) is 0 Å². The quantitative estimate of drug-likeness (QED) is 0.386. The number of hydrogen-bond acceptors (Lipinski definition) is 5. The van der Waals surface area contributed by atoms with Gasteiger partial charge in [-0.1, -0.05) is 41.1 Å². The first kappa shape index (κ1) is 20.1. The number of halogens is 1. The normalized spacial score (nSPS) is 10.7. The molecule has 0 spiro atoms. The van der Waals surface area contributed by atoms with E-state index in [9.17, 15) is 9.59 Å². The smallest absolute Gasteiger partial charge is 0.258 e. The van der Waals surface area contributed by atoms with Gasteiger partial charge in [-0.3, -0.25) is 14.9 Å². The lowest BCUT2D eigenvalue weighted by molar-refractivity contribution is 0.0996. The van der Waals surface area contributed by atoms with Gasteiger partial charge in [-0.15, -0.1) is 0 Å². The number of ketones is 1. The molecule has 0 aliphatic rings. The number of ether oxygens (including phenoxy) is 1. The molecule has 0 unspecified atom stereocenters. The van der Waals surface area contributed by atoms with Crippen molar-refractivity contribution < 1.29 is 14.3 Å². The molecule has 1 N–H and O–H groups in total. The topological polar surface area (TPSA) is 68.3 Å². The molecule has 0 aliphatic heterocycles. The largest absolute Gasteiger partial charge is 0.494 e. The SMILES string of the molecule is CCOc1ccc2nc(NC(=O)c3ccccc3C(=O)c3ccc(Cl)cc3)sc2c1. The number of benzene rings is 3. The van der Waals surface area contributed by atoms with Crippen LogP contribution in [0, 0.1) is 0 Å². The monoisotopic (exact) mass is 436 g/mol. The Morgan fingerprint density at radius 1 is 1.03 bits per heavy atom. The van der Waals surface area contributed by atoms with Crippen LogP contribution in [0.4, 0.5) is 5.13 Å². The van der Waals surface area contributed by atoms with E-state index in [4.69, 9.17) is 16.3 Å². The minimum absolute atomic E-state index is 0.247. The maximum atomic E-state index is 12.9. The number of fused-ring (bicyclic) bond motifs is 1. The summed E-state index contributed by atoms with van der Waals surface area (Å²) in [6, 6.07) is 18.9. The molecule has 0 radical (unpaired) electrons. The molecule has 3 aromatic carbocycles. The average Bonchev–Trinajstić information content (AvgIpc) is 3.15. The van der Waals surface area contributed by atoms with E-state index in [-0.39, 0.29) is 11.3 Å². The van der Waals surface area contributed by atoms with Crippen LogP contribution in [0.25, 0.3) is 10.2 Å². The molecule has 0 atom stereocenters. The van der Waals surface area contributed by atoms with Crippen molar-refractivity contribution in [1.82, 2.24) is 4.98 Å². The molecular weight excluding hydrogens is 420 g/mol. The van der Waals surface area contributed by atoms with Crippen molar-refractivity contribution in [3.63, 3.8) is 0 Å². The second-order valence-electron chi connectivity index (χ2n) is 6.42. The third kappa shape index (κ3) is 4.20. The van der Waals surface area contributed by atoms with Crippen LogP contribution >= 0.6 is 22.9 Å². The number of carbonyl (C=O) groups is 2. The van der Waals surface area contributed by atoms with Gasteiger partial charge in [0.1, 0.15) is 5.75 Å². The standard InChI is InChI=1S/C23H17ClN2O3S/c1-2-29-16-11-12-19-20(13-16)30-23(25-19)26-22(28)18-6-4-3-5-17(18)21(27)14-7-9-15(24)10-8-14/h3-13H,2H2,1H3,(H,25,26,28). The van der Waals surface area contributed by atoms with Gasteiger partial charge < -0.3 is 4.74 Å². The fourth-order valence-corrected chi connectivity index (χ4v) is 4.03. The van der Waals surface area contributed by atoms with Crippen LogP contribution in [-0.4, -0.2) is 23.3 Å². The molecule has 0 saturated carbocycles.